The van der Waals surface area contributed by atoms with Gasteiger partial charge in [-0.3, -0.25) is 5.32 Å². The van der Waals surface area contributed by atoms with Gasteiger partial charge in [0.05, 0.1) is 7.11 Å². The summed E-state index contributed by atoms with van der Waals surface area (Å²) < 4.78 is 4.41. The Kier molecular flexibility index (Phi) is 4.05. The van der Waals surface area contributed by atoms with Crippen LogP contribution in [0.4, 0.5) is 10.5 Å². The Bertz CT molecular complexity index is 379. The van der Waals surface area contributed by atoms with Crippen LogP contribution in [0, 0.1) is 6.92 Å². The second-order valence-electron chi connectivity index (χ2n) is 2.89. The second kappa shape index (κ2) is 5.31. The summed E-state index contributed by atoms with van der Waals surface area (Å²) in [5, 5.41) is 5.48. The number of aryl methyl sites for hydroxylation is 1. The van der Waals surface area contributed by atoms with Crippen LogP contribution in [0.1, 0.15) is 5.56 Å². The van der Waals surface area contributed by atoms with Gasteiger partial charge in [-0.2, -0.15) is 0 Å². The Hall–Kier alpha value is -1.62. The first-order valence-corrected chi connectivity index (χ1v) is 4.76. The number of alkyl carbamates (subject to hydrolysis) is 1. The molecule has 0 heterocycles. The molecule has 0 fully saturated rings. The number of para-hydroxylation sites is 1. The number of carbonyl (C=O) groups is 1. The van der Waals surface area contributed by atoms with E-state index in [9.17, 15) is 4.79 Å². The molecule has 4 nitrogen and oxygen atoms in total. The predicted octanol–water partition coefficient (Wildman–Crippen LogP) is 2.05. The van der Waals surface area contributed by atoms with E-state index in [4.69, 9.17) is 12.2 Å². The Labute approximate surface area is 93.6 Å². The van der Waals surface area contributed by atoms with Gasteiger partial charge in [0, 0.05) is 5.69 Å². The van der Waals surface area contributed by atoms with Crippen LogP contribution in [-0.4, -0.2) is 18.3 Å². The monoisotopic (exact) mass is 224 g/mol. The molecule has 0 spiro atoms. The van der Waals surface area contributed by atoms with E-state index in [0.717, 1.165) is 11.3 Å². The normalized spacial score (nSPS) is 9.20. The molecule has 0 atom stereocenters. The molecule has 80 valence electrons. The third kappa shape index (κ3) is 3.55. The van der Waals surface area contributed by atoms with E-state index >= 15 is 0 Å². The molecule has 1 aromatic rings. The third-order valence-electron chi connectivity index (χ3n) is 1.79. The minimum Gasteiger partial charge on any atom is -0.453 e. The van der Waals surface area contributed by atoms with Crippen LogP contribution in [0.25, 0.3) is 0 Å². The number of nitrogens with one attached hydrogen (secondary N) is 2. The predicted molar refractivity (Wildman–Crippen MR) is 62.9 cm³/mol. The summed E-state index contributed by atoms with van der Waals surface area (Å²) in [4.78, 5) is 10.8. The lowest BCUT2D eigenvalue weighted by atomic mass is 10.2. The van der Waals surface area contributed by atoms with Crippen molar-refractivity contribution in [1.82, 2.24) is 5.32 Å². The highest BCUT2D eigenvalue weighted by molar-refractivity contribution is 7.80. The molecular weight excluding hydrogens is 212 g/mol. The van der Waals surface area contributed by atoms with Crippen LogP contribution in [0.3, 0.4) is 0 Å². The summed E-state index contributed by atoms with van der Waals surface area (Å²) in [7, 11) is 1.28. The van der Waals surface area contributed by atoms with Crippen LogP contribution >= 0.6 is 12.2 Å². The largest absolute Gasteiger partial charge is 0.453 e. The van der Waals surface area contributed by atoms with Crippen molar-refractivity contribution >= 4 is 29.1 Å². The van der Waals surface area contributed by atoms with E-state index in [1.165, 1.54) is 7.11 Å². The van der Waals surface area contributed by atoms with Gasteiger partial charge in [-0.05, 0) is 30.8 Å². The maximum Gasteiger partial charge on any atom is 0.413 e. The summed E-state index contributed by atoms with van der Waals surface area (Å²) in [5.74, 6) is 0. The SMILES string of the molecule is COC(=O)NC(=S)Nc1ccccc1C. The lowest BCUT2D eigenvalue weighted by molar-refractivity contribution is 0.177. The first-order valence-electron chi connectivity index (χ1n) is 4.35. The van der Waals surface area contributed by atoms with Crippen molar-refractivity contribution in [3.63, 3.8) is 0 Å². The van der Waals surface area contributed by atoms with E-state index in [0.29, 0.717) is 0 Å². The van der Waals surface area contributed by atoms with E-state index in [1.54, 1.807) is 0 Å². The van der Waals surface area contributed by atoms with E-state index in [1.807, 2.05) is 31.2 Å². The molecule has 1 aromatic carbocycles. The van der Waals surface area contributed by atoms with Crippen molar-refractivity contribution < 1.29 is 9.53 Å². The number of ether oxygens (including phenoxy) is 1. The first kappa shape index (κ1) is 11.5. The fourth-order valence-electron chi connectivity index (χ4n) is 1.01. The number of methoxy groups -OCH3 is 1. The second-order valence-corrected chi connectivity index (χ2v) is 3.29. The topological polar surface area (TPSA) is 50.4 Å². The molecule has 0 saturated carbocycles. The van der Waals surface area contributed by atoms with Crippen LogP contribution in [0.2, 0.25) is 0 Å². The van der Waals surface area contributed by atoms with Crippen molar-refractivity contribution in [3.8, 4) is 0 Å². The van der Waals surface area contributed by atoms with Gasteiger partial charge in [0.1, 0.15) is 0 Å². The molecule has 0 aliphatic carbocycles. The molecule has 0 unspecified atom stereocenters. The van der Waals surface area contributed by atoms with Gasteiger partial charge in [0.2, 0.25) is 0 Å². The van der Waals surface area contributed by atoms with Crippen molar-refractivity contribution in [1.29, 1.82) is 0 Å². The van der Waals surface area contributed by atoms with Crippen LogP contribution < -0.4 is 10.6 Å². The lowest BCUT2D eigenvalue weighted by Gasteiger charge is -2.10. The summed E-state index contributed by atoms with van der Waals surface area (Å²) in [6.07, 6.45) is -0.582. The number of anilines is 1. The van der Waals surface area contributed by atoms with Crippen molar-refractivity contribution in [3.05, 3.63) is 29.8 Å². The highest BCUT2D eigenvalue weighted by Crippen LogP contribution is 2.12. The highest BCUT2D eigenvalue weighted by Gasteiger charge is 2.04. The first-order chi connectivity index (χ1) is 7.13. The molecule has 0 saturated heterocycles. The standard InChI is InChI=1S/C10H12N2O2S/c1-7-5-3-4-6-8(7)11-9(15)12-10(13)14-2/h3-6H,1-2H3,(H2,11,12,13,15). The molecule has 15 heavy (non-hydrogen) atoms. The van der Waals surface area contributed by atoms with E-state index in [2.05, 4.69) is 15.4 Å². The minimum absolute atomic E-state index is 0.219. The molecule has 0 radical (unpaired) electrons. The molecule has 5 heteroatoms. The van der Waals surface area contributed by atoms with E-state index < -0.39 is 6.09 Å². The minimum atomic E-state index is -0.582. The quantitative estimate of drug-likeness (QED) is 0.717. The Morgan fingerprint density at radius 3 is 2.67 bits per heavy atom. The summed E-state index contributed by atoms with van der Waals surface area (Å²) in [6, 6.07) is 7.64. The number of hydrogen-bond acceptors (Lipinski definition) is 3. The molecule has 1 rings (SSSR count). The Morgan fingerprint density at radius 2 is 2.07 bits per heavy atom. The number of hydrogen-bond donors (Lipinski definition) is 2. The summed E-state index contributed by atoms with van der Waals surface area (Å²) in [6.45, 7) is 1.95. The average Bonchev–Trinajstić information content (AvgIpc) is 2.21. The average molecular weight is 224 g/mol. The Balaban J connectivity index is 2.59. The van der Waals surface area contributed by atoms with Gasteiger partial charge in [-0.15, -0.1) is 0 Å². The molecule has 0 aliphatic rings. The van der Waals surface area contributed by atoms with Gasteiger partial charge in [-0.1, -0.05) is 18.2 Å². The van der Waals surface area contributed by atoms with Gasteiger partial charge >= 0.3 is 6.09 Å². The van der Waals surface area contributed by atoms with Gasteiger partial charge in [-0.25, -0.2) is 4.79 Å². The zero-order chi connectivity index (χ0) is 11.3. The molecule has 2 N–H and O–H groups in total. The maximum absolute atomic E-state index is 10.8. The molecule has 1 amide bonds. The van der Waals surface area contributed by atoms with Crippen LogP contribution in [0.15, 0.2) is 24.3 Å². The molecule has 0 aromatic heterocycles. The van der Waals surface area contributed by atoms with Gasteiger partial charge in [0.25, 0.3) is 0 Å². The Morgan fingerprint density at radius 1 is 1.40 bits per heavy atom. The number of carbonyl (C=O) groups excluding carboxylic acids is 1. The molecular formula is C10H12N2O2S. The van der Waals surface area contributed by atoms with Gasteiger partial charge in [0.15, 0.2) is 5.11 Å². The fourth-order valence-corrected chi connectivity index (χ4v) is 1.20. The molecule has 0 aliphatic heterocycles. The van der Waals surface area contributed by atoms with Crippen molar-refractivity contribution in [2.45, 2.75) is 6.92 Å². The van der Waals surface area contributed by atoms with Crippen LogP contribution in [0.5, 0.6) is 0 Å². The van der Waals surface area contributed by atoms with Crippen molar-refractivity contribution in [2.75, 3.05) is 12.4 Å². The third-order valence-corrected chi connectivity index (χ3v) is 2.00. The van der Waals surface area contributed by atoms with Gasteiger partial charge < -0.3 is 10.1 Å². The highest BCUT2D eigenvalue weighted by atomic mass is 32.1. The number of benzene rings is 1. The number of amides is 1. The zero-order valence-corrected chi connectivity index (χ0v) is 9.35. The van der Waals surface area contributed by atoms with Crippen LogP contribution in [-0.2, 0) is 4.74 Å². The smallest absolute Gasteiger partial charge is 0.413 e. The summed E-state index contributed by atoms with van der Waals surface area (Å²) in [5.41, 5.74) is 1.91. The molecule has 0 bridgehead atoms. The number of thiocarbonyl (C=S) groups is 1. The lowest BCUT2D eigenvalue weighted by Crippen LogP contribution is -2.34. The van der Waals surface area contributed by atoms with Crippen molar-refractivity contribution in [2.24, 2.45) is 0 Å². The summed E-state index contributed by atoms with van der Waals surface area (Å²) >= 11 is 4.92. The van der Waals surface area contributed by atoms with E-state index in [-0.39, 0.29) is 5.11 Å². The zero-order valence-electron chi connectivity index (χ0n) is 8.53. The fraction of sp³-hybridized carbons (Fsp3) is 0.200. The number of rotatable bonds is 1. The maximum atomic E-state index is 10.8.